The molecular formula is C11H21N5O2. The molecule has 0 aliphatic heterocycles. The molecule has 0 aliphatic rings. The second kappa shape index (κ2) is 6.95. The van der Waals surface area contributed by atoms with Crippen molar-refractivity contribution in [2.24, 2.45) is 0 Å². The van der Waals surface area contributed by atoms with E-state index in [1.54, 1.807) is 14.0 Å². The molecule has 0 saturated carbocycles. The molecule has 3 N–H and O–H groups in total. The van der Waals surface area contributed by atoms with E-state index in [0.29, 0.717) is 24.9 Å². The summed E-state index contributed by atoms with van der Waals surface area (Å²) in [5.74, 6) is 0.881. The lowest BCUT2D eigenvalue weighted by molar-refractivity contribution is 0.179. The summed E-state index contributed by atoms with van der Waals surface area (Å²) >= 11 is 0. The number of aliphatic hydroxyl groups is 1. The second-order valence-electron chi connectivity index (χ2n) is 4.08. The van der Waals surface area contributed by atoms with Gasteiger partial charge in [-0.05, 0) is 27.2 Å². The SMILES string of the molecule is CCOc1nc(NC)nc(NC(C)CC(C)O)n1. The van der Waals surface area contributed by atoms with E-state index in [1.165, 1.54) is 0 Å². The van der Waals surface area contributed by atoms with Crippen LogP contribution in [0.3, 0.4) is 0 Å². The van der Waals surface area contributed by atoms with Crippen LogP contribution in [0.1, 0.15) is 27.2 Å². The maximum Gasteiger partial charge on any atom is 0.323 e. The van der Waals surface area contributed by atoms with E-state index in [4.69, 9.17) is 4.74 Å². The molecule has 1 aromatic heterocycles. The Morgan fingerprint density at radius 1 is 1.22 bits per heavy atom. The third-order valence-electron chi connectivity index (χ3n) is 2.18. The third-order valence-corrected chi connectivity index (χ3v) is 2.18. The molecule has 1 heterocycles. The fraction of sp³-hybridized carbons (Fsp3) is 0.727. The Morgan fingerprint density at radius 3 is 2.44 bits per heavy atom. The Balaban J connectivity index is 2.77. The van der Waals surface area contributed by atoms with Crippen molar-refractivity contribution in [3.8, 4) is 6.01 Å². The molecule has 0 radical (unpaired) electrons. The number of hydrogen-bond acceptors (Lipinski definition) is 7. The first-order valence-electron chi connectivity index (χ1n) is 6.06. The van der Waals surface area contributed by atoms with Crippen molar-refractivity contribution >= 4 is 11.9 Å². The van der Waals surface area contributed by atoms with Gasteiger partial charge in [0.05, 0.1) is 12.7 Å². The van der Waals surface area contributed by atoms with Gasteiger partial charge in [0.1, 0.15) is 0 Å². The number of rotatable bonds is 7. The summed E-state index contributed by atoms with van der Waals surface area (Å²) < 4.78 is 5.26. The average Bonchev–Trinajstić information content (AvgIpc) is 2.27. The summed E-state index contributed by atoms with van der Waals surface area (Å²) in [6.07, 6.45) is 0.245. The molecule has 2 atom stereocenters. The van der Waals surface area contributed by atoms with Crippen molar-refractivity contribution in [3.05, 3.63) is 0 Å². The highest BCUT2D eigenvalue weighted by atomic mass is 16.5. The van der Waals surface area contributed by atoms with Crippen molar-refractivity contribution < 1.29 is 9.84 Å². The van der Waals surface area contributed by atoms with Gasteiger partial charge in [-0.3, -0.25) is 0 Å². The molecule has 7 nitrogen and oxygen atoms in total. The van der Waals surface area contributed by atoms with Gasteiger partial charge < -0.3 is 20.5 Å². The Morgan fingerprint density at radius 2 is 1.89 bits per heavy atom. The lowest BCUT2D eigenvalue weighted by Gasteiger charge is -2.16. The molecule has 0 spiro atoms. The van der Waals surface area contributed by atoms with E-state index in [1.807, 2.05) is 13.8 Å². The number of anilines is 2. The van der Waals surface area contributed by atoms with Crippen LogP contribution in [0.25, 0.3) is 0 Å². The summed E-state index contributed by atoms with van der Waals surface area (Å²) in [4.78, 5) is 12.4. The molecule has 2 unspecified atom stereocenters. The lowest BCUT2D eigenvalue weighted by atomic mass is 10.2. The van der Waals surface area contributed by atoms with Gasteiger partial charge in [0.25, 0.3) is 0 Å². The van der Waals surface area contributed by atoms with Gasteiger partial charge in [-0.25, -0.2) is 0 Å². The fourth-order valence-electron chi connectivity index (χ4n) is 1.52. The largest absolute Gasteiger partial charge is 0.464 e. The van der Waals surface area contributed by atoms with E-state index in [2.05, 4.69) is 25.6 Å². The lowest BCUT2D eigenvalue weighted by Crippen LogP contribution is -2.22. The number of hydrogen-bond donors (Lipinski definition) is 3. The minimum Gasteiger partial charge on any atom is -0.464 e. The predicted octanol–water partition coefficient (Wildman–Crippen LogP) is 0.883. The van der Waals surface area contributed by atoms with Gasteiger partial charge in [0.2, 0.25) is 11.9 Å². The summed E-state index contributed by atoms with van der Waals surface area (Å²) in [5, 5.41) is 15.3. The van der Waals surface area contributed by atoms with Crippen molar-refractivity contribution in [1.29, 1.82) is 0 Å². The molecule has 0 aliphatic carbocycles. The van der Waals surface area contributed by atoms with Crippen LogP contribution in [0.2, 0.25) is 0 Å². The summed E-state index contributed by atoms with van der Waals surface area (Å²) in [6.45, 7) is 6.06. The van der Waals surface area contributed by atoms with Crippen LogP contribution < -0.4 is 15.4 Å². The number of ether oxygens (including phenoxy) is 1. The minimum atomic E-state index is -0.371. The van der Waals surface area contributed by atoms with E-state index >= 15 is 0 Å². The van der Waals surface area contributed by atoms with Gasteiger partial charge in [0, 0.05) is 13.1 Å². The van der Waals surface area contributed by atoms with Crippen LogP contribution in [0, 0.1) is 0 Å². The van der Waals surface area contributed by atoms with Crippen LogP contribution in [-0.2, 0) is 0 Å². The molecule has 1 aromatic rings. The number of nitrogens with one attached hydrogen (secondary N) is 2. The average molecular weight is 255 g/mol. The third kappa shape index (κ3) is 4.70. The maximum absolute atomic E-state index is 9.31. The Bertz CT molecular complexity index is 372. The molecule has 0 saturated heterocycles. The predicted molar refractivity (Wildman–Crippen MR) is 69.9 cm³/mol. The molecule has 0 aromatic carbocycles. The number of nitrogens with zero attached hydrogens (tertiary/aromatic N) is 3. The van der Waals surface area contributed by atoms with Crippen LogP contribution in [0.5, 0.6) is 6.01 Å². The van der Waals surface area contributed by atoms with Crippen LogP contribution in [0.4, 0.5) is 11.9 Å². The summed E-state index contributed by atoms with van der Waals surface area (Å²) in [7, 11) is 1.73. The van der Waals surface area contributed by atoms with Crippen molar-refractivity contribution in [1.82, 2.24) is 15.0 Å². The Labute approximate surface area is 107 Å². The molecule has 7 heteroatoms. The topological polar surface area (TPSA) is 92.2 Å². The zero-order valence-corrected chi connectivity index (χ0v) is 11.3. The van der Waals surface area contributed by atoms with E-state index in [0.717, 1.165) is 0 Å². The molecule has 18 heavy (non-hydrogen) atoms. The standard InChI is InChI=1S/C11H21N5O2/c1-5-18-11-15-9(12-4)14-10(16-11)13-7(2)6-8(3)17/h7-8,17H,5-6H2,1-4H3,(H2,12,13,14,15,16). The highest BCUT2D eigenvalue weighted by molar-refractivity contribution is 5.35. The first-order chi connectivity index (χ1) is 8.55. The zero-order chi connectivity index (χ0) is 13.5. The Kier molecular flexibility index (Phi) is 5.57. The van der Waals surface area contributed by atoms with E-state index < -0.39 is 0 Å². The van der Waals surface area contributed by atoms with Gasteiger partial charge in [-0.15, -0.1) is 0 Å². The van der Waals surface area contributed by atoms with Crippen LogP contribution >= 0.6 is 0 Å². The van der Waals surface area contributed by atoms with Gasteiger partial charge in [-0.2, -0.15) is 15.0 Å². The van der Waals surface area contributed by atoms with Gasteiger partial charge in [0.15, 0.2) is 0 Å². The van der Waals surface area contributed by atoms with Crippen molar-refractivity contribution in [3.63, 3.8) is 0 Å². The molecule has 0 fully saturated rings. The fourth-order valence-corrected chi connectivity index (χ4v) is 1.52. The zero-order valence-electron chi connectivity index (χ0n) is 11.3. The first kappa shape index (κ1) is 14.4. The first-order valence-corrected chi connectivity index (χ1v) is 6.06. The molecule has 0 bridgehead atoms. The Hall–Kier alpha value is -1.63. The van der Waals surface area contributed by atoms with E-state index in [-0.39, 0.29) is 18.2 Å². The van der Waals surface area contributed by atoms with Crippen molar-refractivity contribution in [2.45, 2.75) is 39.3 Å². The van der Waals surface area contributed by atoms with Gasteiger partial charge in [-0.1, -0.05) is 0 Å². The summed E-state index contributed by atoms with van der Waals surface area (Å²) in [6, 6.07) is 0.343. The molecular weight excluding hydrogens is 234 g/mol. The van der Waals surface area contributed by atoms with Gasteiger partial charge >= 0.3 is 6.01 Å². The molecule has 1 rings (SSSR count). The molecule has 0 amide bonds. The minimum absolute atomic E-state index is 0.0617. The normalized spacial score (nSPS) is 13.8. The van der Waals surface area contributed by atoms with Crippen molar-refractivity contribution in [2.75, 3.05) is 24.3 Å². The number of aromatic nitrogens is 3. The smallest absolute Gasteiger partial charge is 0.323 e. The highest BCUT2D eigenvalue weighted by Crippen LogP contribution is 2.12. The number of aliphatic hydroxyl groups excluding tert-OH is 1. The maximum atomic E-state index is 9.31. The second-order valence-corrected chi connectivity index (χ2v) is 4.08. The van der Waals surface area contributed by atoms with Crippen LogP contribution in [-0.4, -0.2) is 45.9 Å². The highest BCUT2D eigenvalue weighted by Gasteiger charge is 2.10. The summed E-state index contributed by atoms with van der Waals surface area (Å²) in [5.41, 5.74) is 0. The quantitative estimate of drug-likeness (QED) is 0.666. The van der Waals surface area contributed by atoms with E-state index in [9.17, 15) is 5.11 Å². The molecule has 102 valence electrons. The van der Waals surface area contributed by atoms with Crippen LogP contribution in [0.15, 0.2) is 0 Å². The monoisotopic (exact) mass is 255 g/mol.